The van der Waals surface area contributed by atoms with Crippen molar-refractivity contribution in [3.8, 4) is 5.75 Å². The van der Waals surface area contributed by atoms with Crippen LogP contribution in [0.4, 0.5) is 0 Å². The van der Waals surface area contributed by atoms with Gasteiger partial charge < -0.3 is 9.57 Å². The molecule has 2 aliphatic rings. The molecule has 2 heterocycles. The smallest absolute Gasteiger partial charge is 0.282 e. The minimum atomic E-state index is -0.454. The molecule has 134 valence electrons. The van der Waals surface area contributed by atoms with Gasteiger partial charge in [-0.25, -0.2) is 0 Å². The van der Waals surface area contributed by atoms with E-state index in [1.165, 1.54) is 5.06 Å². The number of allylic oxidation sites excluding steroid dienone is 1. The Morgan fingerprint density at radius 3 is 2.63 bits per heavy atom. The van der Waals surface area contributed by atoms with Crippen molar-refractivity contribution in [1.29, 1.82) is 5.41 Å². The zero-order valence-corrected chi connectivity index (χ0v) is 14.7. The van der Waals surface area contributed by atoms with Crippen LogP contribution in [0.15, 0.2) is 77.0 Å². The summed E-state index contributed by atoms with van der Waals surface area (Å²) in [6.45, 7) is 2.23. The number of ether oxygens (including phenoxy) is 1. The number of amidine groups is 2. The van der Waals surface area contributed by atoms with Gasteiger partial charge in [0.25, 0.3) is 5.91 Å². The van der Waals surface area contributed by atoms with Crippen LogP contribution >= 0.6 is 0 Å². The minimum absolute atomic E-state index is 0.0255. The molecule has 2 aromatic carbocycles. The van der Waals surface area contributed by atoms with Crippen molar-refractivity contribution in [3.63, 3.8) is 0 Å². The van der Waals surface area contributed by atoms with Crippen molar-refractivity contribution in [2.45, 2.75) is 13.5 Å². The summed E-state index contributed by atoms with van der Waals surface area (Å²) in [6, 6.07) is 17.3. The third kappa shape index (κ3) is 3.50. The number of hydroxylamine groups is 2. The predicted molar refractivity (Wildman–Crippen MR) is 102 cm³/mol. The van der Waals surface area contributed by atoms with E-state index < -0.39 is 5.91 Å². The number of hydrogen-bond donors (Lipinski definition) is 1. The third-order valence-electron chi connectivity index (χ3n) is 4.12. The molecule has 0 bridgehead atoms. The van der Waals surface area contributed by atoms with Crippen LogP contribution in [0, 0.1) is 5.41 Å². The summed E-state index contributed by atoms with van der Waals surface area (Å²) < 4.78 is 5.76. The maximum Gasteiger partial charge on any atom is 0.282 e. The van der Waals surface area contributed by atoms with E-state index in [-0.39, 0.29) is 11.4 Å². The zero-order chi connectivity index (χ0) is 18.8. The lowest BCUT2D eigenvalue weighted by molar-refractivity contribution is -0.114. The summed E-state index contributed by atoms with van der Waals surface area (Å²) in [7, 11) is 0. The largest absolute Gasteiger partial charge is 0.489 e. The second-order valence-corrected chi connectivity index (χ2v) is 6.17. The topological polar surface area (TPSA) is 75.0 Å². The number of fused-ring (bicyclic) bond motifs is 1. The first-order chi connectivity index (χ1) is 13.1. The van der Waals surface area contributed by atoms with Gasteiger partial charge in [0.05, 0.1) is 5.57 Å². The van der Waals surface area contributed by atoms with Gasteiger partial charge >= 0.3 is 0 Å². The molecule has 27 heavy (non-hydrogen) atoms. The standard InChI is InChI=1S/C21H17N3O3/c1-14-11-19-23-21(25)18(20(22)24(19)27-14)12-15-7-9-17(10-8-15)26-13-16-5-3-2-4-6-16/h2-12,22H,13H2,1H3/b18-12+,22-20?. The lowest BCUT2D eigenvalue weighted by atomic mass is 10.1. The SMILES string of the molecule is CC1=CC2=NC(=O)/C(=C/c3ccc(OCc4ccccc4)cc3)C(=N)N2O1. The number of nitrogens with zero attached hydrogens (tertiary/aromatic N) is 2. The lowest BCUT2D eigenvalue weighted by Gasteiger charge is -2.22. The molecule has 0 aromatic heterocycles. The summed E-state index contributed by atoms with van der Waals surface area (Å²) in [5.74, 6) is 1.18. The van der Waals surface area contributed by atoms with E-state index in [1.807, 2.05) is 54.6 Å². The number of rotatable bonds is 4. The van der Waals surface area contributed by atoms with E-state index in [0.29, 0.717) is 18.2 Å². The Morgan fingerprint density at radius 1 is 1.15 bits per heavy atom. The molecule has 6 heteroatoms. The van der Waals surface area contributed by atoms with Gasteiger partial charge in [-0.3, -0.25) is 10.2 Å². The fourth-order valence-electron chi connectivity index (χ4n) is 2.77. The average molecular weight is 359 g/mol. The molecule has 1 N–H and O–H groups in total. The fraction of sp³-hybridized carbons (Fsp3) is 0.0952. The monoisotopic (exact) mass is 359 g/mol. The Morgan fingerprint density at radius 2 is 1.89 bits per heavy atom. The molecule has 0 saturated heterocycles. The Bertz CT molecular complexity index is 989. The lowest BCUT2D eigenvalue weighted by Crippen LogP contribution is -2.38. The number of carbonyl (C=O) groups is 1. The molecule has 0 aliphatic carbocycles. The van der Waals surface area contributed by atoms with Crippen LogP contribution in [0.3, 0.4) is 0 Å². The molecule has 6 nitrogen and oxygen atoms in total. The summed E-state index contributed by atoms with van der Waals surface area (Å²) in [5.41, 5.74) is 2.05. The van der Waals surface area contributed by atoms with Gasteiger partial charge in [-0.2, -0.15) is 4.99 Å². The molecule has 0 fully saturated rings. The second-order valence-electron chi connectivity index (χ2n) is 6.17. The number of amides is 1. The first-order valence-electron chi connectivity index (χ1n) is 8.47. The quantitative estimate of drug-likeness (QED) is 0.845. The Labute approximate surface area is 156 Å². The highest BCUT2D eigenvalue weighted by molar-refractivity contribution is 6.32. The highest BCUT2D eigenvalue weighted by Crippen LogP contribution is 2.24. The van der Waals surface area contributed by atoms with Crippen LogP contribution in [0.2, 0.25) is 0 Å². The normalized spacial score (nSPS) is 17.4. The van der Waals surface area contributed by atoms with Gasteiger partial charge in [-0.05, 0) is 36.3 Å². The van der Waals surface area contributed by atoms with E-state index in [4.69, 9.17) is 15.0 Å². The van der Waals surface area contributed by atoms with Crippen molar-refractivity contribution in [2.75, 3.05) is 0 Å². The molecular weight excluding hydrogens is 342 g/mol. The van der Waals surface area contributed by atoms with Gasteiger partial charge in [0.2, 0.25) is 0 Å². The zero-order valence-electron chi connectivity index (χ0n) is 14.7. The molecule has 0 atom stereocenters. The fourth-order valence-corrected chi connectivity index (χ4v) is 2.77. The molecule has 4 rings (SSSR count). The Kier molecular flexibility index (Phi) is 4.30. The molecule has 1 amide bonds. The van der Waals surface area contributed by atoms with Crippen LogP contribution < -0.4 is 4.74 Å². The summed E-state index contributed by atoms with van der Waals surface area (Å²) in [4.78, 5) is 21.6. The highest BCUT2D eigenvalue weighted by Gasteiger charge is 2.34. The number of hydrogen-bond acceptors (Lipinski definition) is 4. The van der Waals surface area contributed by atoms with E-state index in [2.05, 4.69) is 4.99 Å². The number of aliphatic imine (C=N–C) groups is 1. The Hall–Kier alpha value is -3.67. The molecule has 0 unspecified atom stereocenters. The number of nitrogens with one attached hydrogen (secondary N) is 1. The van der Waals surface area contributed by atoms with E-state index in [0.717, 1.165) is 16.9 Å². The minimum Gasteiger partial charge on any atom is -0.489 e. The van der Waals surface area contributed by atoms with Crippen molar-refractivity contribution in [1.82, 2.24) is 5.06 Å². The van der Waals surface area contributed by atoms with Crippen LogP contribution in [-0.2, 0) is 16.2 Å². The summed E-state index contributed by atoms with van der Waals surface area (Å²) >= 11 is 0. The highest BCUT2D eigenvalue weighted by atomic mass is 16.7. The van der Waals surface area contributed by atoms with E-state index >= 15 is 0 Å². The van der Waals surface area contributed by atoms with Crippen molar-refractivity contribution in [2.24, 2.45) is 4.99 Å². The van der Waals surface area contributed by atoms with Crippen LogP contribution in [0.5, 0.6) is 5.75 Å². The van der Waals surface area contributed by atoms with Crippen molar-refractivity contribution >= 4 is 23.7 Å². The third-order valence-corrected chi connectivity index (χ3v) is 4.12. The van der Waals surface area contributed by atoms with Crippen molar-refractivity contribution < 1.29 is 14.4 Å². The second kappa shape index (κ2) is 6.92. The van der Waals surface area contributed by atoms with E-state index in [1.54, 1.807) is 19.1 Å². The molecular formula is C21H17N3O3. The Balaban J connectivity index is 1.48. The summed E-state index contributed by atoms with van der Waals surface area (Å²) in [5, 5.41) is 9.47. The van der Waals surface area contributed by atoms with Gasteiger partial charge in [-0.15, -0.1) is 5.06 Å². The molecule has 0 radical (unpaired) electrons. The molecule has 0 spiro atoms. The first-order valence-corrected chi connectivity index (χ1v) is 8.47. The van der Waals surface area contributed by atoms with E-state index in [9.17, 15) is 4.79 Å². The number of benzene rings is 2. The maximum atomic E-state index is 12.3. The molecule has 0 saturated carbocycles. The predicted octanol–water partition coefficient (Wildman–Crippen LogP) is 3.72. The van der Waals surface area contributed by atoms with Crippen molar-refractivity contribution in [3.05, 3.63) is 83.1 Å². The van der Waals surface area contributed by atoms with Crippen LogP contribution in [-0.4, -0.2) is 22.6 Å². The molecule has 2 aliphatic heterocycles. The van der Waals surface area contributed by atoms with Crippen LogP contribution in [0.25, 0.3) is 6.08 Å². The average Bonchev–Trinajstić information content (AvgIpc) is 3.05. The first kappa shape index (κ1) is 16.8. The van der Waals surface area contributed by atoms with Crippen LogP contribution in [0.1, 0.15) is 18.1 Å². The number of carbonyl (C=O) groups excluding carboxylic acids is 1. The van der Waals surface area contributed by atoms with Gasteiger partial charge in [-0.1, -0.05) is 42.5 Å². The maximum absolute atomic E-state index is 12.3. The van der Waals surface area contributed by atoms with Gasteiger partial charge in [0.1, 0.15) is 18.1 Å². The molecule has 2 aromatic rings. The van der Waals surface area contributed by atoms with Gasteiger partial charge in [0, 0.05) is 6.08 Å². The summed E-state index contributed by atoms with van der Waals surface area (Å²) in [6.07, 6.45) is 3.25. The van der Waals surface area contributed by atoms with Gasteiger partial charge in [0.15, 0.2) is 11.7 Å².